The van der Waals surface area contributed by atoms with Crippen molar-refractivity contribution in [2.45, 2.75) is 12.8 Å². The maximum absolute atomic E-state index is 12.3. The minimum Gasteiger partial charge on any atom is -0.399 e. The van der Waals surface area contributed by atoms with Crippen molar-refractivity contribution in [2.75, 3.05) is 19.3 Å². The van der Waals surface area contributed by atoms with E-state index in [1.165, 1.54) is 0 Å². The summed E-state index contributed by atoms with van der Waals surface area (Å²) in [5, 5.41) is 0. The van der Waals surface area contributed by atoms with Gasteiger partial charge in [-0.2, -0.15) is 0 Å². The van der Waals surface area contributed by atoms with Crippen LogP contribution in [0.1, 0.15) is 23.2 Å². The number of ketones is 1. The van der Waals surface area contributed by atoms with Crippen molar-refractivity contribution in [3.05, 3.63) is 35.5 Å². The van der Waals surface area contributed by atoms with E-state index in [-0.39, 0.29) is 11.7 Å². The molecule has 0 bridgehead atoms. The number of Topliss-reactive ketones (excluding diaryl/α,β-unsaturated/α-hetero) is 1. The molecule has 1 fully saturated rings. The number of benzene rings is 1. The number of carbonyl (C=O) groups excluding carboxylic acids is 2. The Bertz CT molecular complexity index is 518. The van der Waals surface area contributed by atoms with Crippen LogP contribution in [0.5, 0.6) is 0 Å². The van der Waals surface area contributed by atoms with Crippen molar-refractivity contribution in [3.8, 4) is 0 Å². The van der Waals surface area contributed by atoms with E-state index in [2.05, 4.69) is 0 Å². The van der Waals surface area contributed by atoms with Gasteiger partial charge in [-0.1, -0.05) is 12.1 Å². The summed E-state index contributed by atoms with van der Waals surface area (Å²) in [5.74, 6) is 1.84. The summed E-state index contributed by atoms with van der Waals surface area (Å²) in [6.45, 7) is 0.712. The number of likely N-dealkylation sites (tertiary alicyclic amines) is 1. The Balaban J connectivity index is 2.18. The van der Waals surface area contributed by atoms with Gasteiger partial charge in [0, 0.05) is 37.2 Å². The van der Waals surface area contributed by atoms with Crippen molar-refractivity contribution in [3.63, 3.8) is 0 Å². The highest BCUT2D eigenvalue weighted by atomic mass is 16.1. The van der Waals surface area contributed by atoms with Gasteiger partial charge in [0.15, 0.2) is 5.78 Å². The van der Waals surface area contributed by atoms with Crippen LogP contribution < -0.4 is 5.73 Å². The van der Waals surface area contributed by atoms with Crippen molar-refractivity contribution in [1.82, 2.24) is 4.90 Å². The monoisotopic (exact) mass is 244 g/mol. The quantitative estimate of drug-likeness (QED) is 0.486. The Labute approximate surface area is 106 Å². The van der Waals surface area contributed by atoms with E-state index >= 15 is 0 Å². The van der Waals surface area contributed by atoms with Gasteiger partial charge in [-0.3, -0.25) is 4.79 Å². The van der Waals surface area contributed by atoms with Crippen LogP contribution in [-0.2, 0) is 4.79 Å². The first kappa shape index (κ1) is 12.4. The third kappa shape index (κ3) is 2.44. The maximum Gasteiger partial charge on any atom is 0.166 e. The van der Waals surface area contributed by atoms with Gasteiger partial charge in [0.25, 0.3) is 0 Å². The molecule has 1 heterocycles. The molecule has 94 valence electrons. The van der Waals surface area contributed by atoms with E-state index in [1.54, 1.807) is 24.3 Å². The van der Waals surface area contributed by atoms with Gasteiger partial charge in [-0.15, -0.1) is 0 Å². The number of nitrogen functional groups attached to an aromatic ring is 1. The van der Waals surface area contributed by atoms with E-state index in [1.807, 2.05) is 17.9 Å². The maximum atomic E-state index is 12.3. The molecule has 1 aliphatic heterocycles. The van der Waals surface area contributed by atoms with Crippen LogP contribution in [0.2, 0.25) is 0 Å². The molecule has 2 rings (SSSR count). The predicted octanol–water partition coefficient (Wildman–Crippen LogP) is 1.51. The lowest BCUT2D eigenvalue weighted by atomic mass is 9.87. The number of piperidine rings is 1. The molecule has 0 aliphatic carbocycles. The van der Waals surface area contributed by atoms with Crippen molar-refractivity contribution in [2.24, 2.45) is 5.92 Å². The SMILES string of the molecule is CN1CCC(C(=O)c2cccc(N)c2)CC1=C=O. The summed E-state index contributed by atoms with van der Waals surface area (Å²) in [7, 11) is 1.85. The Morgan fingerprint density at radius 2 is 2.28 bits per heavy atom. The molecule has 4 heteroatoms. The lowest BCUT2D eigenvalue weighted by molar-refractivity contribution is 0.0884. The minimum atomic E-state index is -0.139. The standard InChI is InChI=1S/C14H16N2O2/c1-16-6-5-11(8-13(16)9-17)14(18)10-3-2-4-12(15)7-10/h2-4,7,11H,5-6,8,15H2,1H3. The molecular weight excluding hydrogens is 228 g/mol. The number of allylic oxidation sites excluding steroid dienone is 1. The van der Waals surface area contributed by atoms with Gasteiger partial charge in [0.05, 0.1) is 5.70 Å². The summed E-state index contributed by atoms with van der Waals surface area (Å²) < 4.78 is 0. The van der Waals surface area contributed by atoms with Crippen molar-refractivity contribution < 1.29 is 9.59 Å². The lowest BCUT2D eigenvalue weighted by Crippen LogP contribution is -2.32. The number of anilines is 1. The molecule has 18 heavy (non-hydrogen) atoms. The second-order valence-corrected chi connectivity index (χ2v) is 4.65. The molecular formula is C14H16N2O2. The minimum absolute atomic E-state index is 0.0585. The average molecular weight is 244 g/mol. The number of carbonyl (C=O) groups is 1. The first-order chi connectivity index (χ1) is 8.61. The second-order valence-electron chi connectivity index (χ2n) is 4.65. The highest BCUT2D eigenvalue weighted by Gasteiger charge is 2.27. The molecule has 0 saturated carbocycles. The van der Waals surface area contributed by atoms with Crippen molar-refractivity contribution in [1.29, 1.82) is 0 Å². The zero-order valence-corrected chi connectivity index (χ0v) is 10.3. The molecule has 0 amide bonds. The van der Waals surface area contributed by atoms with E-state index < -0.39 is 0 Å². The Kier molecular flexibility index (Phi) is 3.49. The smallest absolute Gasteiger partial charge is 0.166 e. The fourth-order valence-electron chi connectivity index (χ4n) is 2.25. The number of nitrogens with zero attached hydrogens (tertiary/aromatic N) is 1. The average Bonchev–Trinajstić information content (AvgIpc) is 2.38. The lowest BCUT2D eigenvalue weighted by Gasteiger charge is -2.30. The Hall–Kier alpha value is -2.06. The molecule has 4 nitrogen and oxygen atoms in total. The first-order valence-corrected chi connectivity index (χ1v) is 5.96. The number of hydrogen-bond donors (Lipinski definition) is 1. The molecule has 1 aliphatic rings. The summed E-state index contributed by atoms with van der Waals surface area (Å²) in [4.78, 5) is 25.0. The normalized spacial score (nSPS) is 19.5. The third-order valence-electron chi connectivity index (χ3n) is 3.37. The van der Waals surface area contributed by atoms with Gasteiger partial charge in [0.2, 0.25) is 0 Å². The largest absolute Gasteiger partial charge is 0.399 e. The Morgan fingerprint density at radius 1 is 1.50 bits per heavy atom. The van der Waals surface area contributed by atoms with Gasteiger partial charge in [-0.25, -0.2) is 4.79 Å². The van der Waals surface area contributed by atoms with Crippen LogP contribution in [0, 0.1) is 5.92 Å². The van der Waals surface area contributed by atoms with Gasteiger partial charge in [0.1, 0.15) is 5.94 Å². The van der Waals surface area contributed by atoms with E-state index in [4.69, 9.17) is 5.73 Å². The molecule has 0 radical (unpaired) electrons. The van der Waals surface area contributed by atoms with Crippen LogP contribution in [0.15, 0.2) is 30.0 Å². The highest BCUT2D eigenvalue weighted by molar-refractivity contribution is 5.98. The highest BCUT2D eigenvalue weighted by Crippen LogP contribution is 2.26. The zero-order chi connectivity index (χ0) is 13.1. The summed E-state index contributed by atoms with van der Waals surface area (Å²) in [6.07, 6.45) is 1.23. The van der Waals surface area contributed by atoms with Crippen LogP contribution in [0.3, 0.4) is 0 Å². The van der Waals surface area contributed by atoms with Crippen LogP contribution in [0.25, 0.3) is 0 Å². The third-order valence-corrected chi connectivity index (χ3v) is 3.37. The first-order valence-electron chi connectivity index (χ1n) is 5.96. The second kappa shape index (κ2) is 5.07. The topological polar surface area (TPSA) is 63.4 Å². The summed E-state index contributed by atoms with van der Waals surface area (Å²) in [6, 6.07) is 6.97. The van der Waals surface area contributed by atoms with Crippen LogP contribution in [0.4, 0.5) is 5.69 Å². The molecule has 1 aromatic carbocycles. The van der Waals surface area contributed by atoms with E-state index in [0.29, 0.717) is 29.9 Å². The fraction of sp³-hybridized carbons (Fsp3) is 0.357. The molecule has 1 atom stereocenters. The Morgan fingerprint density at radius 3 is 2.94 bits per heavy atom. The molecule has 2 N–H and O–H groups in total. The van der Waals surface area contributed by atoms with Gasteiger partial charge < -0.3 is 10.6 Å². The van der Waals surface area contributed by atoms with Gasteiger partial charge >= 0.3 is 0 Å². The van der Waals surface area contributed by atoms with E-state index in [9.17, 15) is 9.59 Å². The summed E-state index contributed by atoms with van der Waals surface area (Å²) in [5.41, 5.74) is 7.45. The number of nitrogens with two attached hydrogens (primary N) is 1. The molecule has 0 spiro atoms. The van der Waals surface area contributed by atoms with Crippen molar-refractivity contribution >= 4 is 17.4 Å². The number of hydrogen-bond acceptors (Lipinski definition) is 4. The molecule has 1 unspecified atom stereocenters. The molecule has 1 aromatic rings. The summed E-state index contributed by atoms with van der Waals surface area (Å²) >= 11 is 0. The van der Waals surface area contributed by atoms with E-state index in [0.717, 1.165) is 6.42 Å². The van der Waals surface area contributed by atoms with Crippen LogP contribution >= 0.6 is 0 Å². The van der Waals surface area contributed by atoms with Gasteiger partial charge in [-0.05, 0) is 18.6 Å². The molecule has 0 aromatic heterocycles. The molecule has 1 saturated heterocycles. The zero-order valence-electron chi connectivity index (χ0n) is 10.3. The van der Waals surface area contributed by atoms with Crippen LogP contribution in [-0.4, -0.2) is 30.2 Å². The number of rotatable bonds is 2. The predicted molar refractivity (Wildman–Crippen MR) is 69.7 cm³/mol. The fourth-order valence-corrected chi connectivity index (χ4v) is 2.25.